The molecule has 0 aromatic heterocycles. The third-order valence-electron chi connectivity index (χ3n) is 4.44. The first-order valence-corrected chi connectivity index (χ1v) is 9.14. The van der Waals surface area contributed by atoms with Gasteiger partial charge in [-0.05, 0) is 70.7 Å². The molecule has 4 nitrogen and oxygen atoms in total. The summed E-state index contributed by atoms with van der Waals surface area (Å²) >= 11 is 0. The number of piperidine rings is 1. The first-order valence-electron chi connectivity index (χ1n) is 9.14. The number of likely N-dealkylation sites (N-methyl/N-ethyl adjacent to an activating group) is 1. The number of hydrogen-bond acceptors (Lipinski definition) is 3. The Kier molecular flexibility index (Phi) is 6.82. The van der Waals surface area contributed by atoms with Crippen LogP contribution in [0, 0.1) is 11.7 Å². The van der Waals surface area contributed by atoms with Crippen LogP contribution in [-0.4, -0.2) is 54.7 Å². The zero-order valence-corrected chi connectivity index (χ0v) is 15.9. The van der Waals surface area contributed by atoms with Gasteiger partial charge in [-0.3, -0.25) is 0 Å². The molecule has 140 valence electrons. The van der Waals surface area contributed by atoms with Gasteiger partial charge in [0.05, 0.1) is 0 Å². The van der Waals surface area contributed by atoms with Gasteiger partial charge in [0.2, 0.25) is 0 Å². The van der Waals surface area contributed by atoms with Crippen LogP contribution in [0.15, 0.2) is 24.3 Å². The van der Waals surface area contributed by atoms with Crippen LogP contribution in [0.4, 0.5) is 9.18 Å². The Bertz CT molecular complexity index is 554. The average Bonchev–Trinajstić information content (AvgIpc) is 2.53. The molecule has 1 fully saturated rings. The highest BCUT2D eigenvalue weighted by molar-refractivity contribution is 5.68. The zero-order chi connectivity index (χ0) is 18.4. The Balaban J connectivity index is 1.77. The first kappa shape index (κ1) is 19.7. The van der Waals surface area contributed by atoms with E-state index in [0.717, 1.165) is 51.0 Å². The summed E-state index contributed by atoms with van der Waals surface area (Å²) < 4.78 is 18.4. The van der Waals surface area contributed by atoms with Crippen molar-refractivity contribution in [2.45, 2.75) is 45.6 Å². The van der Waals surface area contributed by atoms with Gasteiger partial charge in [0.1, 0.15) is 11.4 Å². The molecule has 0 unspecified atom stereocenters. The van der Waals surface area contributed by atoms with Crippen LogP contribution in [-0.2, 0) is 11.2 Å². The summed E-state index contributed by atoms with van der Waals surface area (Å²) in [5.74, 6) is 0.279. The van der Waals surface area contributed by atoms with E-state index in [4.69, 9.17) is 4.74 Å². The van der Waals surface area contributed by atoms with Gasteiger partial charge in [-0.2, -0.15) is 0 Å². The zero-order valence-electron chi connectivity index (χ0n) is 15.9. The number of amides is 1. The molecule has 1 aliphatic rings. The Morgan fingerprint density at radius 1 is 1.32 bits per heavy atom. The highest BCUT2D eigenvalue weighted by Crippen LogP contribution is 2.20. The van der Waals surface area contributed by atoms with Crippen molar-refractivity contribution in [3.8, 4) is 0 Å². The minimum absolute atomic E-state index is 0.193. The highest BCUT2D eigenvalue weighted by Gasteiger charge is 2.28. The van der Waals surface area contributed by atoms with E-state index >= 15 is 0 Å². The van der Waals surface area contributed by atoms with Gasteiger partial charge in [-0.25, -0.2) is 9.18 Å². The van der Waals surface area contributed by atoms with Crippen LogP contribution in [0.5, 0.6) is 0 Å². The second kappa shape index (κ2) is 8.65. The lowest BCUT2D eigenvalue weighted by Gasteiger charge is -2.35. The standard InChI is InChI=1S/C20H31FN2O2/c1-20(2,3)25-19(24)23-12-5-6-17(15-23)14-22(4)13-11-16-7-9-18(21)10-8-16/h7-10,17H,5-6,11-15H2,1-4H3/t17-/m1/s1. The van der Waals surface area contributed by atoms with E-state index in [2.05, 4.69) is 11.9 Å². The van der Waals surface area contributed by atoms with Crippen molar-refractivity contribution in [3.05, 3.63) is 35.6 Å². The predicted molar refractivity (Wildman–Crippen MR) is 98.1 cm³/mol. The van der Waals surface area contributed by atoms with Gasteiger partial charge in [0.25, 0.3) is 0 Å². The second-order valence-corrected chi connectivity index (χ2v) is 8.07. The molecular formula is C20H31FN2O2. The molecule has 0 N–H and O–H groups in total. The smallest absolute Gasteiger partial charge is 0.410 e. The van der Waals surface area contributed by atoms with E-state index < -0.39 is 5.60 Å². The molecule has 0 saturated carbocycles. The minimum atomic E-state index is -0.448. The molecule has 1 aliphatic heterocycles. The fraction of sp³-hybridized carbons (Fsp3) is 0.650. The Morgan fingerprint density at radius 3 is 2.64 bits per heavy atom. The molecule has 1 aromatic rings. The summed E-state index contributed by atoms with van der Waals surface area (Å²) in [5.41, 5.74) is 0.697. The molecule has 0 bridgehead atoms. The molecule has 1 atom stereocenters. The van der Waals surface area contributed by atoms with E-state index in [-0.39, 0.29) is 11.9 Å². The number of likely N-dealkylation sites (tertiary alicyclic amines) is 1. The maximum absolute atomic E-state index is 12.9. The highest BCUT2D eigenvalue weighted by atomic mass is 19.1. The fourth-order valence-electron chi connectivity index (χ4n) is 3.21. The van der Waals surface area contributed by atoms with E-state index in [1.165, 1.54) is 12.1 Å². The summed E-state index contributed by atoms with van der Waals surface area (Å²) in [6.07, 6.45) is 2.86. The lowest BCUT2D eigenvalue weighted by Crippen LogP contribution is -2.45. The number of carbonyl (C=O) groups is 1. The molecule has 1 heterocycles. The third kappa shape index (κ3) is 7.02. The molecule has 5 heteroatoms. The van der Waals surface area contributed by atoms with Gasteiger partial charge in [0.15, 0.2) is 0 Å². The van der Waals surface area contributed by atoms with Gasteiger partial charge in [-0.15, -0.1) is 0 Å². The van der Waals surface area contributed by atoms with E-state index in [0.29, 0.717) is 5.92 Å². The van der Waals surface area contributed by atoms with Crippen molar-refractivity contribution in [1.29, 1.82) is 0 Å². The fourth-order valence-corrected chi connectivity index (χ4v) is 3.21. The van der Waals surface area contributed by atoms with Crippen molar-refractivity contribution in [2.24, 2.45) is 5.92 Å². The van der Waals surface area contributed by atoms with Gasteiger partial charge < -0.3 is 14.5 Å². The number of ether oxygens (including phenoxy) is 1. The molecule has 1 aromatic carbocycles. The molecule has 0 aliphatic carbocycles. The summed E-state index contributed by atoms with van der Waals surface area (Å²) in [7, 11) is 2.11. The van der Waals surface area contributed by atoms with Gasteiger partial charge in [0, 0.05) is 26.2 Å². The second-order valence-electron chi connectivity index (χ2n) is 8.07. The summed E-state index contributed by atoms with van der Waals surface area (Å²) in [4.78, 5) is 16.4. The van der Waals surface area contributed by atoms with Crippen LogP contribution < -0.4 is 0 Å². The van der Waals surface area contributed by atoms with Crippen molar-refractivity contribution >= 4 is 6.09 Å². The Labute approximate surface area is 150 Å². The summed E-state index contributed by atoms with van der Waals surface area (Å²) in [5, 5.41) is 0. The van der Waals surface area contributed by atoms with E-state index in [9.17, 15) is 9.18 Å². The molecule has 2 rings (SSSR count). The molecule has 0 spiro atoms. The number of nitrogens with zero attached hydrogens (tertiary/aromatic N) is 2. The Hall–Kier alpha value is -1.62. The molecule has 1 saturated heterocycles. The number of halogens is 1. The van der Waals surface area contributed by atoms with Crippen molar-refractivity contribution in [1.82, 2.24) is 9.80 Å². The normalized spacial score (nSPS) is 18.5. The maximum atomic E-state index is 12.9. The van der Waals surface area contributed by atoms with Crippen LogP contribution in [0.3, 0.4) is 0 Å². The van der Waals surface area contributed by atoms with Crippen LogP contribution in [0.2, 0.25) is 0 Å². The van der Waals surface area contributed by atoms with Crippen LogP contribution >= 0.6 is 0 Å². The minimum Gasteiger partial charge on any atom is -0.444 e. The number of hydrogen-bond donors (Lipinski definition) is 0. The van der Waals surface area contributed by atoms with E-state index in [1.807, 2.05) is 37.8 Å². The van der Waals surface area contributed by atoms with Crippen LogP contribution in [0.25, 0.3) is 0 Å². The summed E-state index contributed by atoms with van der Waals surface area (Å²) in [6.45, 7) is 9.12. The lowest BCUT2D eigenvalue weighted by molar-refractivity contribution is 0.0149. The third-order valence-corrected chi connectivity index (χ3v) is 4.44. The van der Waals surface area contributed by atoms with Gasteiger partial charge in [-0.1, -0.05) is 12.1 Å². The van der Waals surface area contributed by atoms with E-state index in [1.54, 1.807) is 0 Å². The number of rotatable bonds is 5. The van der Waals surface area contributed by atoms with Crippen molar-refractivity contribution in [2.75, 3.05) is 33.2 Å². The lowest BCUT2D eigenvalue weighted by atomic mass is 9.97. The topological polar surface area (TPSA) is 32.8 Å². The SMILES string of the molecule is CN(CCc1ccc(F)cc1)C[C@H]1CCCN(C(=O)OC(C)(C)C)C1. The first-order chi connectivity index (χ1) is 11.7. The molecule has 1 amide bonds. The molecular weight excluding hydrogens is 319 g/mol. The van der Waals surface area contributed by atoms with Gasteiger partial charge >= 0.3 is 6.09 Å². The Morgan fingerprint density at radius 2 is 2.00 bits per heavy atom. The monoisotopic (exact) mass is 350 g/mol. The number of carbonyl (C=O) groups excluding carboxylic acids is 1. The van der Waals surface area contributed by atoms with Crippen molar-refractivity contribution < 1.29 is 13.9 Å². The maximum Gasteiger partial charge on any atom is 0.410 e. The molecule has 25 heavy (non-hydrogen) atoms. The molecule has 0 radical (unpaired) electrons. The number of benzene rings is 1. The van der Waals surface area contributed by atoms with Crippen LogP contribution in [0.1, 0.15) is 39.2 Å². The largest absolute Gasteiger partial charge is 0.444 e. The predicted octanol–water partition coefficient (Wildman–Crippen LogP) is 3.95. The quantitative estimate of drug-likeness (QED) is 0.806. The average molecular weight is 350 g/mol. The van der Waals surface area contributed by atoms with Crippen molar-refractivity contribution in [3.63, 3.8) is 0 Å². The summed E-state index contributed by atoms with van der Waals surface area (Å²) in [6, 6.07) is 6.70.